The molecule has 1 atom stereocenters. The molecule has 0 unspecified atom stereocenters. The molecule has 0 aliphatic heterocycles. The standard InChI is InChI=1S/C20H22BrNO4/c1-13-4-7-16(8-5-13)25-11-10-19(23)26-15(3)20(24)22-18-9-6-14(2)12-17(18)21/h4-9,12,15H,10-11H2,1-3H3,(H,22,24)/t15-/m1/s1. The maximum Gasteiger partial charge on any atom is 0.310 e. The molecule has 0 saturated carbocycles. The van der Waals surface area contributed by atoms with Crippen molar-refractivity contribution in [2.45, 2.75) is 33.3 Å². The zero-order chi connectivity index (χ0) is 19.1. The maximum absolute atomic E-state index is 12.2. The number of anilines is 1. The van der Waals surface area contributed by atoms with Crippen LogP contribution in [-0.2, 0) is 14.3 Å². The second-order valence-electron chi connectivity index (χ2n) is 6.02. The van der Waals surface area contributed by atoms with E-state index in [1.165, 1.54) is 6.92 Å². The molecule has 0 aliphatic carbocycles. The highest BCUT2D eigenvalue weighted by atomic mass is 79.9. The summed E-state index contributed by atoms with van der Waals surface area (Å²) in [4.78, 5) is 24.0. The summed E-state index contributed by atoms with van der Waals surface area (Å²) in [7, 11) is 0. The zero-order valence-corrected chi connectivity index (χ0v) is 16.6. The molecule has 26 heavy (non-hydrogen) atoms. The number of hydrogen-bond donors (Lipinski definition) is 1. The van der Waals surface area contributed by atoms with Crippen molar-refractivity contribution in [1.29, 1.82) is 0 Å². The summed E-state index contributed by atoms with van der Waals surface area (Å²) >= 11 is 3.40. The summed E-state index contributed by atoms with van der Waals surface area (Å²) < 4.78 is 11.4. The Kier molecular flexibility index (Phi) is 7.21. The molecule has 5 nitrogen and oxygen atoms in total. The fraction of sp³-hybridized carbons (Fsp3) is 0.300. The average molecular weight is 420 g/mol. The van der Waals surface area contributed by atoms with E-state index in [4.69, 9.17) is 9.47 Å². The third-order valence-electron chi connectivity index (χ3n) is 3.66. The Morgan fingerprint density at radius 2 is 1.73 bits per heavy atom. The summed E-state index contributed by atoms with van der Waals surface area (Å²) in [6, 6.07) is 13.1. The van der Waals surface area contributed by atoms with Crippen LogP contribution in [0.15, 0.2) is 46.9 Å². The number of esters is 1. The van der Waals surface area contributed by atoms with Crippen LogP contribution in [0.4, 0.5) is 5.69 Å². The van der Waals surface area contributed by atoms with Gasteiger partial charge in [0, 0.05) is 4.47 Å². The highest BCUT2D eigenvalue weighted by molar-refractivity contribution is 9.10. The van der Waals surface area contributed by atoms with Gasteiger partial charge >= 0.3 is 5.97 Å². The minimum absolute atomic E-state index is 0.0692. The highest BCUT2D eigenvalue weighted by Crippen LogP contribution is 2.23. The largest absolute Gasteiger partial charge is 0.493 e. The van der Waals surface area contributed by atoms with Crippen molar-refractivity contribution >= 4 is 33.5 Å². The third-order valence-corrected chi connectivity index (χ3v) is 4.31. The fourth-order valence-electron chi connectivity index (χ4n) is 2.15. The van der Waals surface area contributed by atoms with Gasteiger partial charge in [-0.15, -0.1) is 0 Å². The molecule has 0 spiro atoms. The van der Waals surface area contributed by atoms with Crippen LogP contribution < -0.4 is 10.1 Å². The molecule has 0 saturated heterocycles. The monoisotopic (exact) mass is 419 g/mol. The summed E-state index contributed by atoms with van der Waals surface area (Å²) in [6.07, 6.45) is -0.824. The fourth-order valence-corrected chi connectivity index (χ4v) is 2.74. The van der Waals surface area contributed by atoms with E-state index in [0.717, 1.165) is 15.6 Å². The molecule has 0 radical (unpaired) electrons. The van der Waals surface area contributed by atoms with Gasteiger partial charge in [-0.3, -0.25) is 9.59 Å². The van der Waals surface area contributed by atoms with Gasteiger partial charge in [0.2, 0.25) is 0 Å². The van der Waals surface area contributed by atoms with E-state index in [-0.39, 0.29) is 18.9 Å². The number of carbonyl (C=O) groups is 2. The molecule has 0 aromatic heterocycles. The molecule has 2 aromatic rings. The Balaban J connectivity index is 1.76. The SMILES string of the molecule is Cc1ccc(OCCC(=O)O[C@H](C)C(=O)Nc2ccc(C)cc2Br)cc1. The number of rotatable bonds is 7. The summed E-state index contributed by atoms with van der Waals surface area (Å²) in [5, 5.41) is 2.74. The molecular weight excluding hydrogens is 398 g/mol. The number of carbonyl (C=O) groups excluding carboxylic acids is 2. The Hall–Kier alpha value is -2.34. The summed E-state index contributed by atoms with van der Waals surface area (Å²) in [5.41, 5.74) is 2.84. The van der Waals surface area contributed by atoms with E-state index >= 15 is 0 Å². The maximum atomic E-state index is 12.2. The molecule has 2 aromatic carbocycles. The normalized spacial score (nSPS) is 11.5. The van der Waals surface area contributed by atoms with Crippen LogP contribution in [0.5, 0.6) is 5.75 Å². The van der Waals surface area contributed by atoms with Crippen LogP contribution in [-0.4, -0.2) is 24.6 Å². The molecular formula is C20H22BrNO4. The topological polar surface area (TPSA) is 64.6 Å². The number of nitrogens with one attached hydrogen (secondary N) is 1. The lowest BCUT2D eigenvalue weighted by atomic mass is 10.2. The molecule has 6 heteroatoms. The lowest BCUT2D eigenvalue weighted by molar-refractivity contribution is -0.153. The van der Waals surface area contributed by atoms with Crippen molar-refractivity contribution in [1.82, 2.24) is 0 Å². The molecule has 138 valence electrons. The minimum atomic E-state index is -0.893. The summed E-state index contributed by atoms with van der Waals surface area (Å²) in [5.74, 6) is -0.177. The number of halogens is 1. The number of aryl methyl sites for hydroxylation is 2. The van der Waals surface area contributed by atoms with E-state index in [2.05, 4.69) is 21.2 Å². The first-order valence-corrected chi connectivity index (χ1v) is 9.10. The van der Waals surface area contributed by atoms with Crippen LogP contribution in [0, 0.1) is 13.8 Å². The van der Waals surface area contributed by atoms with Gasteiger partial charge < -0.3 is 14.8 Å². The molecule has 0 fully saturated rings. The number of benzene rings is 2. The van der Waals surface area contributed by atoms with Crippen molar-refractivity contribution in [2.75, 3.05) is 11.9 Å². The molecule has 0 bridgehead atoms. The lowest BCUT2D eigenvalue weighted by Crippen LogP contribution is -2.30. The van der Waals surface area contributed by atoms with Gasteiger partial charge in [0.15, 0.2) is 6.10 Å². The first-order chi connectivity index (χ1) is 12.3. The van der Waals surface area contributed by atoms with Crippen LogP contribution in [0.2, 0.25) is 0 Å². The number of ether oxygens (including phenoxy) is 2. The first kappa shape index (κ1) is 20.0. The van der Waals surface area contributed by atoms with Gasteiger partial charge in [-0.2, -0.15) is 0 Å². The lowest BCUT2D eigenvalue weighted by Gasteiger charge is -2.15. The second-order valence-corrected chi connectivity index (χ2v) is 6.87. The van der Waals surface area contributed by atoms with Crippen LogP contribution >= 0.6 is 15.9 Å². The minimum Gasteiger partial charge on any atom is -0.493 e. The highest BCUT2D eigenvalue weighted by Gasteiger charge is 2.18. The molecule has 0 heterocycles. The Bertz CT molecular complexity index is 774. The molecule has 1 N–H and O–H groups in total. The van der Waals surface area contributed by atoms with E-state index < -0.39 is 12.1 Å². The first-order valence-electron chi connectivity index (χ1n) is 8.31. The van der Waals surface area contributed by atoms with Crippen LogP contribution in [0.3, 0.4) is 0 Å². The Morgan fingerprint density at radius 3 is 2.38 bits per heavy atom. The van der Waals surface area contributed by atoms with Gasteiger partial charge in [-0.05, 0) is 66.5 Å². The molecule has 0 aliphatic rings. The van der Waals surface area contributed by atoms with Gasteiger partial charge in [-0.1, -0.05) is 23.8 Å². The van der Waals surface area contributed by atoms with Gasteiger partial charge in [0.05, 0.1) is 18.7 Å². The Labute approximate surface area is 161 Å². The van der Waals surface area contributed by atoms with Crippen molar-refractivity contribution in [3.8, 4) is 5.75 Å². The van der Waals surface area contributed by atoms with Crippen molar-refractivity contribution < 1.29 is 19.1 Å². The predicted molar refractivity (Wildman–Crippen MR) is 104 cm³/mol. The van der Waals surface area contributed by atoms with Gasteiger partial charge in [-0.25, -0.2) is 0 Å². The predicted octanol–water partition coefficient (Wildman–Crippen LogP) is 4.41. The van der Waals surface area contributed by atoms with Gasteiger partial charge in [0.1, 0.15) is 5.75 Å². The van der Waals surface area contributed by atoms with E-state index in [0.29, 0.717) is 11.4 Å². The van der Waals surface area contributed by atoms with Crippen molar-refractivity contribution in [3.63, 3.8) is 0 Å². The smallest absolute Gasteiger partial charge is 0.310 e. The van der Waals surface area contributed by atoms with Gasteiger partial charge in [0.25, 0.3) is 5.91 Å². The van der Waals surface area contributed by atoms with Crippen molar-refractivity contribution in [2.24, 2.45) is 0 Å². The average Bonchev–Trinajstić information content (AvgIpc) is 2.59. The quantitative estimate of drug-likeness (QED) is 0.675. The van der Waals surface area contributed by atoms with Crippen molar-refractivity contribution in [3.05, 3.63) is 58.1 Å². The second kappa shape index (κ2) is 9.38. The van der Waals surface area contributed by atoms with Crippen LogP contribution in [0.1, 0.15) is 24.5 Å². The Morgan fingerprint density at radius 1 is 1.08 bits per heavy atom. The van der Waals surface area contributed by atoms with E-state index in [1.54, 1.807) is 6.07 Å². The van der Waals surface area contributed by atoms with E-state index in [9.17, 15) is 9.59 Å². The van der Waals surface area contributed by atoms with Crippen LogP contribution in [0.25, 0.3) is 0 Å². The number of amides is 1. The summed E-state index contributed by atoms with van der Waals surface area (Å²) in [6.45, 7) is 5.68. The molecule has 2 rings (SSSR count). The third kappa shape index (κ3) is 6.19. The number of hydrogen-bond acceptors (Lipinski definition) is 4. The molecule has 1 amide bonds. The van der Waals surface area contributed by atoms with E-state index in [1.807, 2.05) is 50.2 Å². The zero-order valence-electron chi connectivity index (χ0n) is 15.0.